The van der Waals surface area contributed by atoms with Gasteiger partial charge in [0.1, 0.15) is 5.75 Å². The lowest BCUT2D eigenvalue weighted by Crippen LogP contribution is -2.28. The maximum Gasteiger partial charge on any atom is 0.307 e. The van der Waals surface area contributed by atoms with Crippen LogP contribution in [0, 0.1) is 0 Å². The third kappa shape index (κ3) is 8.34. The Bertz CT molecular complexity index is 476. The van der Waals surface area contributed by atoms with E-state index in [1.807, 2.05) is 24.3 Å². The highest BCUT2D eigenvalue weighted by atomic mass is 79.9. The molecule has 1 N–H and O–H groups in total. The SMILES string of the molecule is CC(C)OC(=O)CCNC(=O)CCOc1cccc(Br)c1. The molecule has 0 aliphatic heterocycles. The summed E-state index contributed by atoms with van der Waals surface area (Å²) >= 11 is 3.34. The molecule has 0 radical (unpaired) electrons. The number of rotatable bonds is 8. The van der Waals surface area contributed by atoms with Crippen molar-refractivity contribution in [1.82, 2.24) is 5.32 Å². The summed E-state index contributed by atoms with van der Waals surface area (Å²) in [6.45, 7) is 4.14. The summed E-state index contributed by atoms with van der Waals surface area (Å²) in [4.78, 5) is 22.8. The lowest BCUT2D eigenvalue weighted by molar-refractivity contribution is -0.147. The Morgan fingerprint density at radius 2 is 2.05 bits per heavy atom. The number of carbonyl (C=O) groups is 2. The molecule has 0 aromatic heterocycles. The van der Waals surface area contributed by atoms with E-state index in [9.17, 15) is 9.59 Å². The molecule has 0 saturated carbocycles. The molecule has 116 valence electrons. The first-order valence-electron chi connectivity index (χ1n) is 6.82. The highest BCUT2D eigenvalue weighted by Crippen LogP contribution is 2.17. The minimum absolute atomic E-state index is 0.133. The topological polar surface area (TPSA) is 64.6 Å². The van der Waals surface area contributed by atoms with Crippen molar-refractivity contribution in [3.8, 4) is 5.75 Å². The Kier molecular flexibility index (Phi) is 7.82. The minimum Gasteiger partial charge on any atom is -0.493 e. The van der Waals surface area contributed by atoms with Gasteiger partial charge in [-0.1, -0.05) is 22.0 Å². The van der Waals surface area contributed by atoms with Crippen LogP contribution in [0.3, 0.4) is 0 Å². The number of ether oxygens (including phenoxy) is 2. The average molecular weight is 358 g/mol. The summed E-state index contributed by atoms with van der Waals surface area (Å²) in [6, 6.07) is 7.42. The molecule has 1 amide bonds. The molecule has 0 fully saturated rings. The molecule has 0 unspecified atom stereocenters. The summed E-state index contributed by atoms with van der Waals surface area (Å²) in [5.74, 6) is 0.246. The zero-order chi connectivity index (χ0) is 15.7. The van der Waals surface area contributed by atoms with Gasteiger partial charge in [0.05, 0.1) is 25.6 Å². The van der Waals surface area contributed by atoms with Crippen molar-refractivity contribution in [2.75, 3.05) is 13.2 Å². The fraction of sp³-hybridized carbons (Fsp3) is 0.467. The van der Waals surface area contributed by atoms with E-state index in [4.69, 9.17) is 9.47 Å². The van der Waals surface area contributed by atoms with Gasteiger partial charge in [0.15, 0.2) is 0 Å². The molecule has 0 atom stereocenters. The first kappa shape index (κ1) is 17.5. The zero-order valence-electron chi connectivity index (χ0n) is 12.2. The predicted octanol–water partition coefficient (Wildman–Crippen LogP) is 2.68. The van der Waals surface area contributed by atoms with Crippen molar-refractivity contribution in [1.29, 1.82) is 0 Å². The quantitative estimate of drug-likeness (QED) is 0.726. The second-order valence-electron chi connectivity index (χ2n) is 4.69. The monoisotopic (exact) mass is 357 g/mol. The van der Waals surface area contributed by atoms with Crippen LogP contribution in [-0.4, -0.2) is 31.1 Å². The van der Waals surface area contributed by atoms with Gasteiger partial charge in [0, 0.05) is 11.0 Å². The molecular weight excluding hydrogens is 338 g/mol. The second-order valence-corrected chi connectivity index (χ2v) is 5.61. The fourth-order valence-electron chi connectivity index (χ4n) is 1.53. The highest BCUT2D eigenvalue weighted by Gasteiger charge is 2.07. The van der Waals surface area contributed by atoms with Gasteiger partial charge in [0.25, 0.3) is 0 Å². The number of carbonyl (C=O) groups excluding carboxylic acids is 2. The summed E-state index contributed by atoms with van der Waals surface area (Å²) in [5, 5.41) is 2.66. The number of amides is 1. The molecule has 0 spiro atoms. The number of hydrogen-bond acceptors (Lipinski definition) is 4. The van der Waals surface area contributed by atoms with Crippen LogP contribution in [-0.2, 0) is 14.3 Å². The predicted molar refractivity (Wildman–Crippen MR) is 83.1 cm³/mol. The van der Waals surface area contributed by atoms with Crippen molar-refractivity contribution < 1.29 is 19.1 Å². The van der Waals surface area contributed by atoms with Crippen LogP contribution in [0.25, 0.3) is 0 Å². The van der Waals surface area contributed by atoms with Gasteiger partial charge in [-0.15, -0.1) is 0 Å². The molecule has 0 saturated heterocycles. The molecule has 1 aromatic carbocycles. The van der Waals surface area contributed by atoms with E-state index in [1.54, 1.807) is 13.8 Å². The van der Waals surface area contributed by atoms with E-state index in [1.165, 1.54) is 0 Å². The van der Waals surface area contributed by atoms with E-state index < -0.39 is 0 Å². The summed E-state index contributed by atoms with van der Waals surface area (Å²) in [6.07, 6.45) is 0.286. The van der Waals surface area contributed by atoms with Gasteiger partial charge < -0.3 is 14.8 Å². The number of esters is 1. The van der Waals surface area contributed by atoms with E-state index in [-0.39, 0.29) is 37.4 Å². The molecule has 0 heterocycles. The van der Waals surface area contributed by atoms with E-state index in [0.29, 0.717) is 12.4 Å². The standard InChI is InChI=1S/C15H20BrNO4/c1-11(2)21-15(19)6-8-17-14(18)7-9-20-13-5-3-4-12(16)10-13/h3-5,10-11H,6-9H2,1-2H3,(H,17,18). The van der Waals surface area contributed by atoms with E-state index in [2.05, 4.69) is 21.2 Å². The van der Waals surface area contributed by atoms with Gasteiger partial charge in [-0.25, -0.2) is 0 Å². The van der Waals surface area contributed by atoms with Crippen LogP contribution in [0.5, 0.6) is 5.75 Å². The van der Waals surface area contributed by atoms with Gasteiger partial charge in [-0.3, -0.25) is 9.59 Å². The summed E-state index contributed by atoms with van der Waals surface area (Å²) in [5.41, 5.74) is 0. The maximum atomic E-state index is 11.6. The number of hydrogen-bond donors (Lipinski definition) is 1. The van der Waals surface area contributed by atoms with Crippen LogP contribution in [0.4, 0.5) is 0 Å². The van der Waals surface area contributed by atoms with Gasteiger partial charge in [-0.05, 0) is 32.0 Å². The molecule has 21 heavy (non-hydrogen) atoms. The first-order valence-corrected chi connectivity index (χ1v) is 7.61. The molecule has 1 aromatic rings. The maximum absolute atomic E-state index is 11.6. The lowest BCUT2D eigenvalue weighted by atomic mass is 10.3. The normalized spacial score (nSPS) is 10.3. The molecule has 0 aliphatic rings. The smallest absolute Gasteiger partial charge is 0.307 e. The van der Waals surface area contributed by atoms with Crippen LogP contribution in [0.15, 0.2) is 28.7 Å². The molecule has 6 heteroatoms. The fourth-order valence-corrected chi connectivity index (χ4v) is 1.91. The Morgan fingerprint density at radius 3 is 2.71 bits per heavy atom. The van der Waals surface area contributed by atoms with Crippen molar-refractivity contribution >= 4 is 27.8 Å². The molecule has 0 aliphatic carbocycles. The minimum atomic E-state index is -0.310. The number of benzene rings is 1. The van der Waals surface area contributed by atoms with Crippen molar-refractivity contribution in [3.05, 3.63) is 28.7 Å². The highest BCUT2D eigenvalue weighted by molar-refractivity contribution is 9.10. The second kappa shape index (κ2) is 9.39. The van der Waals surface area contributed by atoms with Crippen LogP contribution in [0.2, 0.25) is 0 Å². The molecular formula is C15H20BrNO4. The summed E-state index contributed by atoms with van der Waals surface area (Å²) in [7, 11) is 0. The third-order valence-electron chi connectivity index (χ3n) is 2.41. The molecule has 0 bridgehead atoms. The van der Waals surface area contributed by atoms with Crippen molar-refractivity contribution in [2.45, 2.75) is 32.8 Å². The van der Waals surface area contributed by atoms with Gasteiger partial charge >= 0.3 is 5.97 Å². The van der Waals surface area contributed by atoms with Gasteiger partial charge in [0.2, 0.25) is 5.91 Å². The van der Waals surface area contributed by atoms with Crippen LogP contribution in [0.1, 0.15) is 26.7 Å². The van der Waals surface area contributed by atoms with Crippen molar-refractivity contribution in [3.63, 3.8) is 0 Å². The van der Waals surface area contributed by atoms with E-state index in [0.717, 1.165) is 4.47 Å². The third-order valence-corrected chi connectivity index (χ3v) is 2.91. The Labute approximate surface area is 133 Å². The number of halogens is 1. The van der Waals surface area contributed by atoms with Crippen LogP contribution < -0.4 is 10.1 Å². The lowest BCUT2D eigenvalue weighted by Gasteiger charge is -2.09. The Hall–Kier alpha value is -1.56. The molecule has 1 rings (SSSR count). The molecule has 5 nitrogen and oxygen atoms in total. The first-order chi connectivity index (χ1) is 9.97. The largest absolute Gasteiger partial charge is 0.493 e. The Morgan fingerprint density at radius 1 is 1.29 bits per heavy atom. The van der Waals surface area contributed by atoms with Crippen LogP contribution >= 0.6 is 15.9 Å². The Balaban J connectivity index is 2.13. The zero-order valence-corrected chi connectivity index (χ0v) is 13.8. The van der Waals surface area contributed by atoms with E-state index >= 15 is 0 Å². The van der Waals surface area contributed by atoms with Gasteiger partial charge in [-0.2, -0.15) is 0 Å². The number of nitrogens with one attached hydrogen (secondary N) is 1. The summed E-state index contributed by atoms with van der Waals surface area (Å²) < 4.78 is 11.3. The average Bonchev–Trinajstić information content (AvgIpc) is 2.37. The van der Waals surface area contributed by atoms with Crippen molar-refractivity contribution in [2.24, 2.45) is 0 Å².